The average Bonchev–Trinajstić information content (AvgIpc) is 3.39. The van der Waals surface area contributed by atoms with Crippen molar-refractivity contribution >= 4 is 18.0 Å². The van der Waals surface area contributed by atoms with Crippen molar-refractivity contribution in [3.8, 4) is 11.1 Å². The molecule has 0 bridgehead atoms. The second kappa shape index (κ2) is 9.10. The molecule has 2 amide bonds. The Labute approximate surface area is 197 Å². The maximum Gasteiger partial charge on any atom is 0.407 e. The van der Waals surface area contributed by atoms with E-state index in [-0.39, 0.29) is 24.9 Å². The summed E-state index contributed by atoms with van der Waals surface area (Å²) in [6.45, 7) is 0.507. The number of ether oxygens (including phenoxy) is 2. The molecule has 3 N–H and O–H groups in total. The summed E-state index contributed by atoms with van der Waals surface area (Å²) in [6, 6.07) is 15.7. The molecule has 1 saturated carbocycles. The summed E-state index contributed by atoms with van der Waals surface area (Å²) in [5, 5.41) is 14.9. The van der Waals surface area contributed by atoms with Crippen LogP contribution >= 0.6 is 0 Å². The van der Waals surface area contributed by atoms with E-state index in [0.717, 1.165) is 28.7 Å². The molecule has 0 aromatic heterocycles. The summed E-state index contributed by atoms with van der Waals surface area (Å²) in [6.07, 6.45) is 1.22. The van der Waals surface area contributed by atoms with Gasteiger partial charge in [-0.1, -0.05) is 48.5 Å². The number of rotatable bonds is 7. The van der Waals surface area contributed by atoms with Gasteiger partial charge in [0.2, 0.25) is 5.91 Å². The lowest BCUT2D eigenvalue weighted by atomic mass is 9.74. The van der Waals surface area contributed by atoms with Gasteiger partial charge in [0, 0.05) is 18.9 Å². The van der Waals surface area contributed by atoms with E-state index in [0.29, 0.717) is 25.9 Å². The van der Waals surface area contributed by atoms with Crippen molar-refractivity contribution in [1.29, 1.82) is 0 Å². The Bertz CT molecular complexity index is 1070. The Hall–Kier alpha value is -3.39. The van der Waals surface area contributed by atoms with Crippen LogP contribution in [-0.2, 0) is 19.1 Å². The van der Waals surface area contributed by atoms with Crippen LogP contribution in [0, 0.1) is 0 Å². The van der Waals surface area contributed by atoms with Crippen LogP contribution in [0.4, 0.5) is 4.79 Å². The first kappa shape index (κ1) is 22.4. The molecule has 178 valence electrons. The molecule has 8 heteroatoms. The average molecular weight is 465 g/mol. The Morgan fingerprint density at radius 2 is 1.68 bits per heavy atom. The van der Waals surface area contributed by atoms with E-state index in [1.165, 1.54) is 0 Å². The summed E-state index contributed by atoms with van der Waals surface area (Å²) in [4.78, 5) is 36.7. The minimum absolute atomic E-state index is 0.0332. The summed E-state index contributed by atoms with van der Waals surface area (Å²) < 4.78 is 10.8. The van der Waals surface area contributed by atoms with Crippen LogP contribution in [0.5, 0.6) is 0 Å². The maximum atomic E-state index is 12.7. The molecule has 5 rings (SSSR count). The molecule has 0 unspecified atom stereocenters. The van der Waals surface area contributed by atoms with E-state index in [1.807, 2.05) is 24.3 Å². The smallest absolute Gasteiger partial charge is 0.407 e. The topological polar surface area (TPSA) is 114 Å². The molecule has 1 heterocycles. The molecule has 3 aliphatic rings. The van der Waals surface area contributed by atoms with E-state index in [4.69, 9.17) is 9.47 Å². The predicted octanol–water partition coefficient (Wildman–Crippen LogP) is 3.20. The van der Waals surface area contributed by atoms with Crippen molar-refractivity contribution in [2.24, 2.45) is 0 Å². The maximum absolute atomic E-state index is 12.7. The van der Waals surface area contributed by atoms with Crippen LogP contribution in [0.1, 0.15) is 49.1 Å². The van der Waals surface area contributed by atoms with Gasteiger partial charge in [0.05, 0.1) is 11.6 Å². The first-order valence-corrected chi connectivity index (χ1v) is 11.7. The van der Waals surface area contributed by atoms with Crippen molar-refractivity contribution in [2.45, 2.75) is 55.7 Å². The first-order chi connectivity index (χ1) is 16.5. The number of hydrogen-bond donors (Lipinski definition) is 3. The molecular formula is C26H28N2O6. The summed E-state index contributed by atoms with van der Waals surface area (Å²) in [5.74, 6) is -1.41. The first-order valence-electron chi connectivity index (χ1n) is 11.7. The van der Waals surface area contributed by atoms with E-state index in [1.54, 1.807) is 0 Å². The van der Waals surface area contributed by atoms with Gasteiger partial charge in [-0.3, -0.25) is 4.79 Å². The van der Waals surface area contributed by atoms with Crippen LogP contribution < -0.4 is 10.6 Å². The van der Waals surface area contributed by atoms with Crippen LogP contribution in [0.2, 0.25) is 0 Å². The molecule has 1 aliphatic heterocycles. The lowest BCUT2D eigenvalue weighted by molar-refractivity contribution is -0.148. The lowest BCUT2D eigenvalue weighted by Crippen LogP contribution is -2.57. The van der Waals surface area contributed by atoms with Crippen molar-refractivity contribution in [1.82, 2.24) is 10.6 Å². The molecule has 34 heavy (non-hydrogen) atoms. The van der Waals surface area contributed by atoms with E-state index in [2.05, 4.69) is 34.9 Å². The number of carbonyl (C=O) groups excluding carboxylic acids is 2. The Morgan fingerprint density at radius 1 is 1.03 bits per heavy atom. The molecule has 2 aromatic rings. The molecule has 0 spiro atoms. The quantitative estimate of drug-likeness (QED) is 0.580. The summed E-state index contributed by atoms with van der Waals surface area (Å²) in [7, 11) is 0. The third-order valence-electron chi connectivity index (χ3n) is 7.20. The van der Waals surface area contributed by atoms with Crippen molar-refractivity contribution in [3.63, 3.8) is 0 Å². The van der Waals surface area contributed by atoms with E-state index >= 15 is 0 Å². The Balaban J connectivity index is 1.19. The number of nitrogens with one attached hydrogen (secondary N) is 2. The molecule has 1 saturated heterocycles. The van der Waals surface area contributed by atoms with Crippen LogP contribution in [0.3, 0.4) is 0 Å². The molecule has 2 aliphatic carbocycles. The SMILES string of the molecule is O=C(CC1(NC(=O)OCC2c3ccccc3-c3ccccc32)CCC1)N[C@@H]1CCO[C@@H]1C(=O)O. The third-order valence-corrected chi connectivity index (χ3v) is 7.20. The summed E-state index contributed by atoms with van der Waals surface area (Å²) >= 11 is 0. The molecule has 8 nitrogen and oxygen atoms in total. The fraction of sp³-hybridized carbons (Fsp3) is 0.423. The normalized spacial score (nSPS) is 22.2. The lowest BCUT2D eigenvalue weighted by Gasteiger charge is -2.41. The second-order valence-corrected chi connectivity index (χ2v) is 9.35. The van der Waals surface area contributed by atoms with Gasteiger partial charge >= 0.3 is 12.1 Å². The Kier molecular flexibility index (Phi) is 6.00. The number of carboxylic acid groups (broad SMARTS) is 1. The molecule has 0 radical (unpaired) electrons. The predicted molar refractivity (Wildman–Crippen MR) is 123 cm³/mol. The van der Waals surface area contributed by atoms with Gasteiger partial charge in [0.25, 0.3) is 0 Å². The van der Waals surface area contributed by atoms with Crippen LogP contribution in [-0.4, -0.2) is 54.0 Å². The number of hydrogen-bond acceptors (Lipinski definition) is 5. The van der Waals surface area contributed by atoms with Crippen molar-refractivity contribution in [2.75, 3.05) is 13.2 Å². The van der Waals surface area contributed by atoms with Crippen LogP contribution in [0.15, 0.2) is 48.5 Å². The Morgan fingerprint density at radius 3 is 2.26 bits per heavy atom. The van der Waals surface area contributed by atoms with Gasteiger partial charge in [-0.25, -0.2) is 9.59 Å². The monoisotopic (exact) mass is 464 g/mol. The standard InChI is InChI=1S/C26H28N2O6/c29-22(27-21-10-13-33-23(21)24(30)31)14-26(11-5-12-26)28-25(32)34-15-20-18-8-3-1-6-16(18)17-7-2-4-9-19(17)20/h1-4,6-9,20-21,23H,5,10-15H2,(H,27,29)(H,28,32)(H,30,31)/t21-,23+/m1/s1. The van der Waals surface area contributed by atoms with E-state index in [9.17, 15) is 19.5 Å². The third kappa shape index (κ3) is 4.25. The van der Waals surface area contributed by atoms with Gasteiger partial charge < -0.3 is 25.2 Å². The van der Waals surface area contributed by atoms with Gasteiger partial charge in [-0.2, -0.15) is 0 Å². The fourth-order valence-electron chi connectivity index (χ4n) is 5.35. The molecule has 2 atom stereocenters. The highest BCUT2D eigenvalue weighted by Crippen LogP contribution is 2.44. The van der Waals surface area contributed by atoms with Crippen molar-refractivity contribution < 1.29 is 29.0 Å². The number of fused-ring (bicyclic) bond motifs is 3. The zero-order valence-corrected chi connectivity index (χ0v) is 18.8. The van der Waals surface area contributed by atoms with Gasteiger partial charge in [-0.05, 0) is 47.9 Å². The number of carbonyl (C=O) groups is 3. The van der Waals surface area contributed by atoms with Crippen LogP contribution in [0.25, 0.3) is 11.1 Å². The minimum Gasteiger partial charge on any atom is -0.479 e. The van der Waals surface area contributed by atoms with Gasteiger partial charge in [0.15, 0.2) is 6.10 Å². The number of alkyl carbamates (subject to hydrolysis) is 1. The molecule has 2 aromatic carbocycles. The zero-order valence-electron chi connectivity index (χ0n) is 18.8. The summed E-state index contributed by atoms with van der Waals surface area (Å²) in [5.41, 5.74) is 3.94. The fourth-order valence-corrected chi connectivity index (χ4v) is 5.35. The molecular weight excluding hydrogens is 436 g/mol. The second-order valence-electron chi connectivity index (χ2n) is 9.35. The number of amides is 2. The number of aliphatic carboxylic acids is 1. The highest BCUT2D eigenvalue weighted by molar-refractivity contribution is 5.81. The zero-order chi connectivity index (χ0) is 23.7. The highest BCUT2D eigenvalue weighted by atomic mass is 16.5. The number of benzene rings is 2. The van der Waals surface area contributed by atoms with E-state index < -0.39 is 29.7 Å². The van der Waals surface area contributed by atoms with Gasteiger partial charge in [0.1, 0.15) is 6.61 Å². The number of carboxylic acids is 1. The van der Waals surface area contributed by atoms with Crippen molar-refractivity contribution in [3.05, 3.63) is 59.7 Å². The highest BCUT2D eigenvalue weighted by Gasteiger charge is 2.43. The van der Waals surface area contributed by atoms with Gasteiger partial charge in [-0.15, -0.1) is 0 Å². The minimum atomic E-state index is -1.09. The molecule has 2 fully saturated rings. The largest absolute Gasteiger partial charge is 0.479 e.